The fourth-order valence-corrected chi connectivity index (χ4v) is 3.86. The van der Waals surface area contributed by atoms with E-state index >= 15 is 0 Å². The number of hydrogen-bond donors (Lipinski definition) is 1. The third kappa shape index (κ3) is 3.29. The van der Waals surface area contributed by atoms with E-state index in [-0.39, 0.29) is 5.92 Å². The summed E-state index contributed by atoms with van der Waals surface area (Å²) in [6.45, 7) is 2.61. The molecule has 2 aliphatic rings. The maximum Gasteiger partial charge on any atom is 0.225 e. The predicted molar refractivity (Wildman–Crippen MR) is 84.9 cm³/mol. The Morgan fingerprint density at radius 2 is 1.81 bits per heavy atom. The van der Waals surface area contributed by atoms with Crippen LogP contribution in [0.5, 0.6) is 0 Å². The summed E-state index contributed by atoms with van der Waals surface area (Å²) >= 11 is 0. The molecule has 114 valence electrons. The number of carbonyl (C=O) groups is 1. The monoisotopic (exact) mass is 286 g/mol. The second-order valence-corrected chi connectivity index (χ2v) is 6.63. The lowest BCUT2D eigenvalue weighted by atomic mass is 9.81. The van der Waals surface area contributed by atoms with Gasteiger partial charge in [-0.2, -0.15) is 0 Å². The minimum atomic E-state index is 0.252. The largest absolute Gasteiger partial charge is 0.342 e. The first kappa shape index (κ1) is 14.6. The van der Waals surface area contributed by atoms with Crippen LogP contribution in [0.3, 0.4) is 0 Å². The molecule has 3 heteroatoms. The van der Waals surface area contributed by atoms with Crippen LogP contribution in [0.2, 0.25) is 0 Å². The van der Waals surface area contributed by atoms with Crippen LogP contribution in [0.4, 0.5) is 0 Å². The molecule has 1 heterocycles. The van der Waals surface area contributed by atoms with Gasteiger partial charge in [0.05, 0.1) is 0 Å². The normalized spacial score (nSPS) is 29.6. The molecule has 21 heavy (non-hydrogen) atoms. The zero-order chi connectivity index (χ0) is 14.7. The number of likely N-dealkylation sites (tertiary alicyclic amines) is 1. The van der Waals surface area contributed by atoms with Crippen LogP contribution in [0, 0.1) is 11.8 Å². The second-order valence-electron chi connectivity index (χ2n) is 6.63. The number of carbonyl (C=O) groups excluding carboxylic acids is 1. The van der Waals surface area contributed by atoms with Gasteiger partial charge in [-0.15, -0.1) is 0 Å². The Labute approximate surface area is 127 Å². The fraction of sp³-hybridized carbons (Fsp3) is 0.611. The molecule has 0 spiro atoms. The Balaban J connectivity index is 1.55. The van der Waals surface area contributed by atoms with E-state index < -0.39 is 0 Å². The number of nitrogens with two attached hydrogens (primary N) is 1. The molecule has 1 unspecified atom stereocenters. The Hall–Kier alpha value is -1.35. The quantitative estimate of drug-likeness (QED) is 0.928. The molecular formula is C18H26N2O. The summed E-state index contributed by atoms with van der Waals surface area (Å²) in [5.74, 6) is 1.81. The molecule has 0 bridgehead atoms. The molecule has 0 radical (unpaired) electrons. The van der Waals surface area contributed by atoms with Crippen molar-refractivity contribution in [1.82, 2.24) is 4.90 Å². The van der Waals surface area contributed by atoms with Crippen molar-refractivity contribution in [3.05, 3.63) is 35.9 Å². The highest BCUT2D eigenvalue weighted by Gasteiger charge is 2.33. The molecular weight excluding hydrogens is 260 g/mol. The smallest absolute Gasteiger partial charge is 0.225 e. The average Bonchev–Trinajstić information content (AvgIpc) is 3.05. The number of nitrogens with zero attached hydrogens (tertiary/aromatic N) is 1. The molecule has 1 aliphatic heterocycles. The van der Waals surface area contributed by atoms with Crippen molar-refractivity contribution in [2.75, 3.05) is 19.6 Å². The average molecular weight is 286 g/mol. The third-order valence-electron chi connectivity index (χ3n) is 5.30. The summed E-state index contributed by atoms with van der Waals surface area (Å²) in [5.41, 5.74) is 7.11. The van der Waals surface area contributed by atoms with Gasteiger partial charge in [-0.1, -0.05) is 30.3 Å². The molecule has 1 saturated heterocycles. The zero-order valence-corrected chi connectivity index (χ0v) is 12.7. The topological polar surface area (TPSA) is 46.3 Å². The minimum absolute atomic E-state index is 0.252. The first-order chi connectivity index (χ1) is 10.3. The first-order valence-corrected chi connectivity index (χ1v) is 8.31. The van der Waals surface area contributed by atoms with E-state index in [1.807, 2.05) is 0 Å². The fourth-order valence-electron chi connectivity index (χ4n) is 3.86. The summed E-state index contributed by atoms with van der Waals surface area (Å²) in [6.07, 6.45) is 5.43. The lowest BCUT2D eigenvalue weighted by Crippen LogP contribution is -2.36. The van der Waals surface area contributed by atoms with Gasteiger partial charge >= 0.3 is 0 Å². The molecule has 1 aromatic carbocycles. The summed E-state index contributed by atoms with van der Waals surface area (Å²) in [7, 11) is 0. The van der Waals surface area contributed by atoms with Crippen LogP contribution in [0.15, 0.2) is 30.3 Å². The Kier molecular flexibility index (Phi) is 4.59. The van der Waals surface area contributed by atoms with Gasteiger partial charge in [0.2, 0.25) is 5.91 Å². The van der Waals surface area contributed by atoms with Gasteiger partial charge in [0, 0.05) is 24.9 Å². The predicted octanol–water partition coefficient (Wildman–Crippen LogP) is 2.77. The van der Waals surface area contributed by atoms with Crippen molar-refractivity contribution in [2.24, 2.45) is 17.6 Å². The van der Waals surface area contributed by atoms with E-state index in [9.17, 15) is 4.79 Å². The van der Waals surface area contributed by atoms with Gasteiger partial charge in [0.15, 0.2) is 0 Å². The van der Waals surface area contributed by atoms with Crippen LogP contribution in [-0.4, -0.2) is 30.4 Å². The third-order valence-corrected chi connectivity index (χ3v) is 5.30. The van der Waals surface area contributed by atoms with Gasteiger partial charge in [-0.05, 0) is 50.1 Å². The van der Waals surface area contributed by atoms with Crippen molar-refractivity contribution < 1.29 is 4.79 Å². The Bertz CT molecular complexity index is 465. The minimum Gasteiger partial charge on any atom is -0.342 e. The number of rotatable bonds is 3. The summed E-state index contributed by atoms with van der Waals surface area (Å²) in [4.78, 5) is 14.8. The summed E-state index contributed by atoms with van der Waals surface area (Å²) in [5, 5.41) is 0. The van der Waals surface area contributed by atoms with E-state index in [2.05, 4.69) is 35.2 Å². The Morgan fingerprint density at radius 1 is 1.10 bits per heavy atom. The molecule has 1 saturated carbocycles. The van der Waals surface area contributed by atoms with Gasteiger partial charge in [-0.25, -0.2) is 0 Å². The molecule has 2 N–H and O–H groups in total. The molecule has 1 amide bonds. The van der Waals surface area contributed by atoms with Crippen LogP contribution >= 0.6 is 0 Å². The van der Waals surface area contributed by atoms with Crippen molar-refractivity contribution in [2.45, 2.75) is 38.0 Å². The van der Waals surface area contributed by atoms with Crippen molar-refractivity contribution >= 4 is 5.91 Å². The Morgan fingerprint density at radius 3 is 2.48 bits per heavy atom. The molecule has 3 rings (SSSR count). The van der Waals surface area contributed by atoms with E-state index in [4.69, 9.17) is 5.73 Å². The summed E-state index contributed by atoms with van der Waals surface area (Å²) in [6, 6.07) is 10.6. The number of benzene rings is 1. The SMILES string of the molecule is NCC1CCC(C(=O)N2CCC(c3ccccc3)C2)CC1. The zero-order valence-electron chi connectivity index (χ0n) is 12.7. The highest BCUT2D eigenvalue weighted by molar-refractivity contribution is 5.79. The van der Waals surface area contributed by atoms with Gasteiger partial charge in [0.25, 0.3) is 0 Å². The van der Waals surface area contributed by atoms with Crippen molar-refractivity contribution in [3.8, 4) is 0 Å². The first-order valence-electron chi connectivity index (χ1n) is 8.31. The van der Waals surface area contributed by atoms with Gasteiger partial charge in [-0.3, -0.25) is 4.79 Å². The number of amides is 1. The molecule has 1 atom stereocenters. The molecule has 1 aromatic rings. The van der Waals surface area contributed by atoms with E-state index in [0.717, 1.165) is 51.7 Å². The second kappa shape index (κ2) is 6.61. The van der Waals surface area contributed by atoms with E-state index in [0.29, 0.717) is 17.7 Å². The standard InChI is InChI=1S/C18H26N2O/c19-12-14-6-8-16(9-7-14)18(21)20-11-10-17(13-20)15-4-2-1-3-5-15/h1-5,14,16-17H,6-13,19H2. The summed E-state index contributed by atoms with van der Waals surface area (Å²) < 4.78 is 0. The van der Waals surface area contributed by atoms with E-state index in [1.54, 1.807) is 0 Å². The molecule has 1 aliphatic carbocycles. The van der Waals surface area contributed by atoms with Crippen LogP contribution in [0.25, 0.3) is 0 Å². The number of hydrogen-bond acceptors (Lipinski definition) is 2. The molecule has 2 fully saturated rings. The lowest BCUT2D eigenvalue weighted by molar-refractivity contribution is -0.135. The lowest BCUT2D eigenvalue weighted by Gasteiger charge is -2.30. The highest BCUT2D eigenvalue weighted by Crippen LogP contribution is 2.33. The molecule has 0 aromatic heterocycles. The van der Waals surface area contributed by atoms with Crippen LogP contribution in [-0.2, 0) is 4.79 Å². The van der Waals surface area contributed by atoms with Crippen molar-refractivity contribution in [1.29, 1.82) is 0 Å². The maximum atomic E-state index is 12.7. The van der Waals surface area contributed by atoms with Crippen LogP contribution in [0.1, 0.15) is 43.6 Å². The van der Waals surface area contributed by atoms with Crippen molar-refractivity contribution in [3.63, 3.8) is 0 Å². The van der Waals surface area contributed by atoms with Gasteiger partial charge < -0.3 is 10.6 Å². The van der Waals surface area contributed by atoms with Gasteiger partial charge in [0.1, 0.15) is 0 Å². The van der Waals surface area contributed by atoms with E-state index in [1.165, 1.54) is 5.56 Å². The highest BCUT2D eigenvalue weighted by atomic mass is 16.2. The molecule has 3 nitrogen and oxygen atoms in total. The van der Waals surface area contributed by atoms with Crippen LogP contribution < -0.4 is 5.73 Å². The maximum absolute atomic E-state index is 12.7.